The van der Waals surface area contributed by atoms with E-state index >= 15 is 0 Å². The van der Waals surface area contributed by atoms with E-state index in [0.29, 0.717) is 5.69 Å². The molecule has 0 atom stereocenters. The molecular formula is C15H13FN2OS. The van der Waals surface area contributed by atoms with Crippen LogP contribution in [0.15, 0.2) is 60.1 Å². The molecule has 0 aliphatic rings. The highest BCUT2D eigenvalue weighted by Crippen LogP contribution is 2.27. The lowest BCUT2D eigenvalue weighted by Gasteiger charge is -2.10. The van der Waals surface area contributed by atoms with E-state index in [1.807, 2.05) is 18.2 Å². The van der Waals surface area contributed by atoms with E-state index in [2.05, 4.69) is 16.9 Å². The average Bonchev–Trinajstić information content (AvgIpc) is 2.46. The van der Waals surface area contributed by atoms with Gasteiger partial charge in [-0.05, 0) is 24.3 Å². The second-order valence-corrected chi connectivity index (χ2v) is 4.95. The summed E-state index contributed by atoms with van der Waals surface area (Å²) in [5.74, 6) is -0.558. The van der Waals surface area contributed by atoms with Gasteiger partial charge in [-0.15, -0.1) is 18.3 Å². The number of hydrogen-bond donors (Lipinski definition) is 1. The molecule has 1 aromatic carbocycles. The number of benzene rings is 1. The Hall–Kier alpha value is -2.14. The van der Waals surface area contributed by atoms with Crippen molar-refractivity contribution in [2.24, 2.45) is 0 Å². The van der Waals surface area contributed by atoms with Crippen LogP contribution < -0.4 is 5.32 Å². The molecule has 0 aliphatic heterocycles. The Morgan fingerprint density at radius 3 is 2.90 bits per heavy atom. The molecule has 0 unspecified atom stereocenters. The van der Waals surface area contributed by atoms with E-state index in [1.54, 1.807) is 23.9 Å². The highest BCUT2D eigenvalue weighted by Gasteiger charge is 2.13. The maximum atomic E-state index is 13.5. The molecule has 1 heterocycles. The third kappa shape index (κ3) is 3.45. The summed E-state index contributed by atoms with van der Waals surface area (Å²) in [6, 6.07) is 10.3. The van der Waals surface area contributed by atoms with E-state index in [1.165, 1.54) is 18.3 Å². The van der Waals surface area contributed by atoms with Crippen LogP contribution in [0, 0.1) is 5.95 Å². The number of thioether (sulfide) groups is 1. The fraction of sp³-hybridized carbons (Fsp3) is 0.0667. The summed E-state index contributed by atoms with van der Waals surface area (Å²) in [6.45, 7) is 3.66. The van der Waals surface area contributed by atoms with Crippen LogP contribution in [-0.4, -0.2) is 16.6 Å². The van der Waals surface area contributed by atoms with E-state index in [4.69, 9.17) is 0 Å². The van der Waals surface area contributed by atoms with Gasteiger partial charge in [-0.25, -0.2) is 4.98 Å². The van der Waals surface area contributed by atoms with E-state index < -0.39 is 11.9 Å². The zero-order chi connectivity index (χ0) is 14.4. The molecule has 0 spiro atoms. The van der Waals surface area contributed by atoms with Gasteiger partial charge in [-0.3, -0.25) is 4.79 Å². The van der Waals surface area contributed by atoms with Gasteiger partial charge in [0.05, 0.1) is 11.3 Å². The topological polar surface area (TPSA) is 42.0 Å². The van der Waals surface area contributed by atoms with Crippen LogP contribution >= 0.6 is 11.8 Å². The van der Waals surface area contributed by atoms with Gasteiger partial charge in [-0.1, -0.05) is 18.2 Å². The predicted molar refractivity (Wildman–Crippen MR) is 79.5 cm³/mol. The Kier molecular flexibility index (Phi) is 4.90. The molecule has 0 saturated carbocycles. The van der Waals surface area contributed by atoms with Crippen LogP contribution in [0.25, 0.3) is 0 Å². The molecule has 0 fully saturated rings. The maximum absolute atomic E-state index is 13.5. The molecule has 0 saturated heterocycles. The molecule has 2 rings (SSSR count). The predicted octanol–water partition coefficient (Wildman–Crippen LogP) is 3.75. The van der Waals surface area contributed by atoms with Crippen LogP contribution in [0.5, 0.6) is 0 Å². The normalized spacial score (nSPS) is 10.1. The van der Waals surface area contributed by atoms with Crippen LogP contribution in [0.2, 0.25) is 0 Å². The second kappa shape index (κ2) is 6.86. The van der Waals surface area contributed by atoms with Gasteiger partial charge >= 0.3 is 0 Å². The van der Waals surface area contributed by atoms with Crippen molar-refractivity contribution in [3.63, 3.8) is 0 Å². The second-order valence-electron chi connectivity index (χ2n) is 3.89. The Labute approximate surface area is 120 Å². The third-order valence-corrected chi connectivity index (χ3v) is 3.57. The lowest BCUT2D eigenvalue weighted by molar-refractivity contribution is 0.102. The number of halogens is 1. The first kappa shape index (κ1) is 14.3. The summed E-state index contributed by atoms with van der Waals surface area (Å²) < 4.78 is 13.5. The molecule has 3 nitrogen and oxygen atoms in total. The number of nitrogens with one attached hydrogen (secondary N) is 1. The van der Waals surface area contributed by atoms with Gasteiger partial charge in [-0.2, -0.15) is 4.39 Å². The minimum Gasteiger partial charge on any atom is -0.321 e. The van der Waals surface area contributed by atoms with Crippen LogP contribution in [0.4, 0.5) is 10.1 Å². The number of para-hydroxylation sites is 1. The van der Waals surface area contributed by atoms with Crippen LogP contribution in [0.1, 0.15) is 10.4 Å². The molecule has 5 heteroatoms. The molecule has 102 valence electrons. The molecule has 1 aromatic heterocycles. The molecule has 0 aliphatic carbocycles. The van der Waals surface area contributed by atoms with Gasteiger partial charge in [0.2, 0.25) is 5.95 Å². The summed E-state index contributed by atoms with van der Waals surface area (Å²) in [5, 5.41) is 2.70. The molecule has 20 heavy (non-hydrogen) atoms. The number of carbonyl (C=O) groups excluding carboxylic acids is 1. The largest absolute Gasteiger partial charge is 0.321 e. The van der Waals surface area contributed by atoms with Crippen LogP contribution in [-0.2, 0) is 0 Å². The van der Waals surface area contributed by atoms with Crippen molar-refractivity contribution in [3.05, 3.63) is 66.8 Å². The molecule has 0 bridgehead atoms. The van der Waals surface area contributed by atoms with Crippen molar-refractivity contribution in [2.45, 2.75) is 4.90 Å². The number of carbonyl (C=O) groups is 1. The maximum Gasteiger partial charge on any atom is 0.260 e. The van der Waals surface area contributed by atoms with E-state index in [-0.39, 0.29) is 5.56 Å². The first-order chi connectivity index (χ1) is 9.72. The smallest absolute Gasteiger partial charge is 0.260 e. The highest BCUT2D eigenvalue weighted by molar-refractivity contribution is 7.99. The Morgan fingerprint density at radius 2 is 2.15 bits per heavy atom. The fourth-order valence-corrected chi connectivity index (χ4v) is 2.34. The Morgan fingerprint density at radius 1 is 1.35 bits per heavy atom. The molecular weight excluding hydrogens is 275 g/mol. The number of pyridine rings is 1. The summed E-state index contributed by atoms with van der Waals surface area (Å²) >= 11 is 1.55. The van der Waals surface area contributed by atoms with Gasteiger partial charge in [0.15, 0.2) is 0 Å². The standard InChI is InChI=1S/C15H13FN2OS/c1-2-10-20-13-8-4-3-7-12(13)18-15(19)11-6-5-9-17-14(11)16/h2-9H,1,10H2,(H,18,19). The van der Waals surface area contributed by atoms with Crippen molar-refractivity contribution in [3.8, 4) is 0 Å². The van der Waals surface area contributed by atoms with Gasteiger partial charge < -0.3 is 5.32 Å². The van der Waals surface area contributed by atoms with Crippen molar-refractivity contribution in [1.29, 1.82) is 0 Å². The quantitative estimate of drug-likeness (QED) is 0.517. The van der Waals surface area contributed by atoms with Crippen molar-refractivity contribution in [1.82, 2.24) is 4.98 Å². The fourth-order valence-electron chi connectivity index (χ4n) is 1.59. The Bertz CT molecular complexity index is 631. The van der Waals surface area contributed by atoms with Crippen molar-refractivity contribution in [2.75, 3.05) is 11.1 Å². The Balaban J connectivity index is 2.20. The number of amides is 1. The lowest BCUT2D eigenvalue weighted by atomic mass is 10.2. The van der Waals surface area contributed by atoms with Gasteiger partial charge in [0, 0.05) is 16.8 Å². The van der Waals surface area contributed by atoms with Gasteiger partial charge in [0.1, 0.15) is 0 Å². The summed E-state index contributed by atoms with van der Waals surface area (Å²) in [7, 11) is 0. The van der Waals surface area contributed by atoms with Gasteiger partial charge in [0.25, 0.3) is 5.91 Å². The van der Waals surface area contributed by atoms with Crippen LogP contribution in [0.3, 0.4) is 0 Å². The monoisotopic (exact) mass is 288 g/mol. The summed E-state index contributed by atoms with van der Waals surface area (Å²) in [4.78, 5) is 16.4. The molecule has 2 aromatic rings. The number of rotatable bonds is 5. The lowest BCUT2D eigenvalue weighted by Crippen LogP contribution is -2.14. The molecule has 0 radical (unpaired) electrons. The highest BCUT2D eigenvalue weighted by atomic mass is 32.2. The zero-order valence-corrected chi connectivity index (χ0v) is 11.5. The van der Waals surface area contributed by atoms with Crippen molar-refractivity contribution < 1.29 is 9.18 Å². The number of nitrogens with zero attached hydrogens (tertiary/aromatic N) is 1. The first-order valence-corrected chi connectivity index (χ1v) is 6.95. The summed E-state index contributed by atoms with van der Waals surface area (Å²) in [5.41, 5.74) is 0.573. The SMILES string of the molecule is C=CCSc1ccccc1NC(=O)c1cccnc1F. The average molecular weight is 288 g/mol. The van der Waals surface area contributed by atoms with E-state index in [9.17, 15) is 9.18 Å². The zero-order valence-electron chi connectivity index (χ0n) is 10.7. The number of aromatic nitrogens is 1. The number of hydrogen-bond acceptors (Lipinski definition) is 3. The first-order valence-electron chi connectivity index (χ1n) is 5.97. The minimum absolute atomic E-state index is 0.0731. The van der Waals surface area contributed by atoms with Crippen molar-refractivity contribution >= 4 is 23.4 Å². The minimum atomic E-state index is -0.777. The summed E-state index contributed by atoms with van der Waals surface area (Å²) in [6.07, 6.45) is 3.09. The third-order valence-electron chi connectivity index (χ3n) is 2.50. The molecule has 1 N–H and O–H groups in total. The van der Waals surface area contributed by atoms with E-state index in [0.717, 1.165) is 10.6 Å². The molecule has 1 amide bonds. The number of anilines is 1.